The van der Waals surface area contributed by atoms with E-state index in [1.54, 1.807) is 0 Å². The molecule has 1 aromatic heterocycles. The monoisotopic (exact) mass is 382 g/mol. The van der Waals surface area contributed by atoms with Crippen molar-refractivity contribution < 1.29 is 10.2 Å². The largest absolute Gasteiger partial charge is 0.396 e. The number of aliphatic hydroxyl groups is 2. The van der Waals surface area contributed by atoms with Crippen molar-refractivity contribution in [2.24, 2.45) is 5.41 Å². The van der Waals surface area contributed by atoms with E-state index in [9.17, 15) is 5.11 Å². The van der Waals surface area contributed by atoms with Crippen LogP contribution in [0.25, 0.3) is 0 Å². The van der Waals surface area contributed by atoms with Crippen LogP contribution in [-0.2, 0) is 12.0 Å². The zero-order chi connectivity index (χ0) is 20.4. The van der Waals surface area contributed by atoms with Crippen molar-refractivity contribution in [3.05, 3.63) is 65.0 Å². The third kappa shape index (κ3) is 3.86. The molecule has 28 heavy (non-hydrogen) atoms. The van der Waals surface area contributed by atoms with Crippen LogP contribution in [0.2, 0.25) is 0 Å². The number of benzene rings is 1. The van der Waals surface area contributed by atoms with Crippen molar-refractivity contribution in [3.63, 3.8) is 0 Å². The van der Waals surface area contributed by atoms with Gasteiger partial charge in [0.1, 0.15) is 5.60 Å². The standard InChI is InChI=1S/C24H34N2O2/c1-18(2)20-8-10-21(11-9-20)24(28,23(3)16-26(4)17-23)22-13-19(14-25-15-22)7-5-6-12-27/h8-11,13-15,18,27-28H,5-7,12,16-17H2,1-4H3/t24-/m0/s1. The van der Waals surface area contributed by atoms with Crippen LogP contribution in [0, 0.1) is 5.41 Å². The molecule has 4 heteroatoms. The lowest BCUT2D eigenvalue weighted by atomic mass is 9.62. The molecule has 0 bridgehead atoms. The molecular weight excluding hydrogens is 348 g/mol. The molecule has 0 amide bonds. The number of unbranched alkanes of at least 4 members (excludes halogenated alkanes) is 1. The fourth-order valence-electron chi connectivity index (χ4n) is 4.61. The van der Waals surface area contributed by atoms with Gasteiger partial charge in [0.15, 0.2) is 0 Å². The van der Waals surface area contributed by atoms with Gasteiger partial charge in [0.25, 0.3) is 0 Å². The fraction of sp³-hybridized carbons (Fsp3) is 0.542. The summed E-state index contributed by atoms with van der Waals surface area (Å²) in [7, 11) is 2.09. The Morgan fingerprint density at radius 3 is 2.36 bits per heavy atom. The number of aliphatic hydroxyl groups excluding tert-OH is 1. The lowest BCUT2D eigenvalue weighted by molar-refractivity contribution is -0.127. The lowest BCUT2D eigenvalue weighted by Gasteiger charge is -2.56. The summed E-state index contributed by atoms with van der Waals surface area (Å²) in [6, 6.07) is 10.5. The highest BCUT2D eigenvalue weighted by Crippen LogP contribution is 2.50. The Morgan fingerprint density at radius 1 is 1.11 bits per heavy atom. The zero-order valence-electron chi connectivity index (χ0n) is 17.7. The summed E-state index contributed by atoms with van der Waals surface area (Å²) in [5, 5.41) is 21.2. The van der Waals surface area contributed by atoms with E-state index in [0.717, 1.165) is 49.0 Å². The number of hydrogen-bond donors (Lipinski definition) is 2. The molecule has 1 saturated heterocycles. The molecule has 4 nitrogen and oxygen atoms in total. The molecule has 2 N–H and O–H groups in total. The first kappa shape index (κ1) is 21.0. The number of rotatable bonds is 8. The summed E-state index contributed by atoms with van der Waals surface area (Å²) in [6.07, 6.45) is 6.26. The Hall–Kier alpha value is -1.75. The smallest absolute Gasteiger partial charge is 0.124 e. The fourth-order valence-corrected chi connectivity index (χ4v) is 4.61. The SMILES string of the molecule is CC(C)c1ccc([C@](O)(c2cncc(CCCCO)c2)C2(C)CN(C)C2)cc1. The third-order valence-electron chi connectivity index (χ3n) is 6.19. The van der Waals surface area contributed by atoms with Crippen LogP contribution in [0.3, 0.4) is 0 Å². The summed E-state index contributed by atoms with van der Waals surface area (Å²) in [5.41, 5.74) is 2.82. The van der Waals surface area contributed by atoms with E-state index in [2.05, 4.69) is 68.0 Å². The summed E-state index contributed by atoms with van der Waals surface area (Å²) in [6.45, 7) is 8.42. The Balaban J connectivity index is 2.01. The van der Waals surface area contributed by atoms with Crippen molar-refractivity contribution in [3.8, 4) is 0 Å². The second kappa shape index (κ2) is 8.32. The van der Waals surface area contributed by atoms with Gasteiger partial charge in [0.2, 0.25) is 0 Å². The molecule has 2 aromatic rings. The van der Waals surface area contributed by atoms with Gasteiger partial charge in [-0.05, 0) is 55.0 Å². The number of likely N-dealkylation sites (tertiary alicyclic amines) is 1. The highest BCUT2D eigenvalue weighted by Gasteiger charge is 2.55. The van der Waals surface area contributed by atoms with Crippen molar-refractivity contribution in [2.75, 3.05) is 26.7 Å². The van der Waals surface area contributed by atoms with Crippen molar-refractivity contribution in [1.82, 2.24) is 9.88 Å². The number of nitrogens with zero attached hydrogens (tertiary/aromatic N) is 2. The molecule has 152 valence electrons. The molecule has 1 aromatic carbocycles. The predicted molar refractivity (Wildman–Crippen MR) is 113 cm³/mol. The maximum atomic E-state index is 12.2. The van der Waals surface area contributed by atoms with Crippen LogP contribution in [0.1, 0.15) is 61.8 Å². The van der Waals surface area contributed by atoms with Crippen molar-refractivity contribution >= 4 is 0 Å². The van der Waals surface area contributed by atoms with Gasteiger partial charge in [0.05, 0.1) is 0 Å². The molecule has 0 radical (unpaired) electrons. The van der Waals surface area contributed by atoms with Gasteiger partial charge in [-0.15, -0.1) is 0 Å². The Bertz CT molecular complexity index is 781. The molecule has 0 saturated carbocycles. The quantitative estimate of drug-likeness (QED) is 0.684. The van der Waals surface area contributed by atoms with Crippen LogP contribution in [0.4, 0.5) is 0 Å². The van der Waals surface area contributed by atoms with E-state index in [-0.39, 0.29) is 12.0 Å². The van der Waals surface area contributed by atoms with E-state index < -0.39 is 5.60 Å². The Labute approximate surface area is 169 Å². The van der Waals surface area contributed by atoms with Crippen molar-refractivity contribution in [2.45, 2.75) is 51.6 Å². The normalized spacial score (nSPS) is 18.7. The van der Waals surface area contributed by atoms with Crippen LogP contribution in [0.5, 0.6) is 0 Å². The molecule has 1 aliphatic rings. The number of aryl methyl sites for hydroxylation is 1. The second-order valence-corrected chi connectivity index (χ2v) is 8.98. The molecular formula is C24H34N2O2. The van der Waals surface area contributed by atoms with Crippen LogP contribution >= 0.6 is 0 Å². The maximum absolute atomic E-state index is 12.2. The van der Waals surface area contributed by atoms with E-state index in [0.29, 0.717) is 5.92 Å². The Kier molecular flexibility index (Phi) is 6.23. The minimum atomic E-state index is -1.09. The average molecular weight is 383 g/mol. The average Bonchev–Trinajstić information content (AvgIpc) is 2.66. The molecule has 0 aliphatic carbocycles. The number of aromatic nitrogens is 1. The van der Waals surface area contributed by atoms with E-state index in [1.807, 2.05) is 12.4 Å². The van der Waals surface area contributed by atoms with Crippen LogP contribution < -0.4 is 0 Å². The summed E-state index contributed by atoms with van der Waals surface area (Å²) in [5.74, 6) is 0.462. The van der Waals surface area contributed by atoms with E-state index >= 15 is 0 Å². The minimum absolute atomic E-state index is 0.212. The highest BCUT2D eigenvalue weighted by molar-refractivity contribution is 5.41. The van der Waals surface area contributed by atoms with Gasteiger partial charge in [-0.1, -0.05) is 45.0 Å². The van der Waals surface area contributed by atoms with Crippen LogP contribution in [-0.4, -0.2) is 46.8 Å². The molecule has 1 atom stereocenters. The highest BCUT2D eigenvalue weighted by atomic mass is 16.3. The Morgan fingerprint density at radius 2 is 1.79 bits per heavy atom. The molecule has 2 heterocycles. The molecule has 0 unspecified atom stereocenters. The number of pyridine rings is 1. The van der Waals surface area contributed by atoms with Gasteiger partial charge < -0.3 is 15.1 Å². The van der Waals surface area contributed by atoms with E-state index in [4.69, 9.17) is 5.11 Å². The zero-order valence-corrected chi connectivity index (χ0v) is 17.7. The molecule has 0 spiro atoms. The van der Waals surface area contributed by atoms with Gasteiger partial charge in [-0.2, -0.15) is 0 Å². The summed E-state index contributed by atoms with van der Waals surface area (Å²) in [4.78, 5) is 6.70. The van der Waals surface area contributed by atoms with Gasteiger partial charge >= 0.3 is 0 Å². The summed E-state index contributed by atoms with van der Waals surface area (Å²) >= 11 is 0. The first-order chi connectivity index (χ1) is 13.3. The number of hydrogen-bond acceptors (Lipinski definition) is 4. The van der Waals surface area contributed by atoms with Crippen LogP contribution in [0.15, 0.2) is 42.7 Å². The lowest BCUT2D eigenvalue weighted by Crippen LogP contribution is -2.63. The minimum Gasteiger partial charge on any atom is -0.396 e. The van der Waals surface area contributed by atoms with E-state index in [1.165, 1.54) is 5.56 Å². The topological polar surface area (TPSA) is 56.6 Å². The van der Waals surface area contributed by atoms with Gasteiger partial charge in [-0.3, -0.25) is 4.98 Å². The molecule has 3 rings (SSSR count). The molecule has 1 aliphatic heterocycles. The summed E-state index contributed by atoms with van der Waals surface area (Å²) < 4.78 is 0. The first-order valence-electron chi connectivity index (χ1n) is 10.4. The molecule has 1 fully saturated rings. The first-order valence-corrected chi connectivity index (χ1v) is 10.4. The second-order valence-electron chi connectivity index (χ2n) is 8.98. The van der Waals surface area contributed by atoms with Gasteiger partial charge in [-0.25, -0.2) is 0 Å². The maximum Gasteiger partial charge on any atom is 0.124 e. The van der Waals surface area contributed by atoms with Gasteiger partial charge in [0, 0.05) is 43.1 Å². The predicted octanol–water partition coefficient (Wildman–Crippen LogP) is 3.71. The van der Waals surface area contributed by atoms with Crippen molar-refractivity contribution in [1.29, 1.82) is 0 Å². The third-order valence-corrected chi connectivity index (χ3v) is 6.19.